The van der Waals surface area contributed by atoms with Crippen molar-refractivity contribution in [3.05, 3.63) is 60.4 Å². The Kier molecular flexibility index (Phi) is 6.87. The molecule has 0 aliphatic carbocycles. The smallest absolute Gasteiger partial charge is 0.162 e. The lowest BCUT2D eigenvalue weighted by molar-refractivity contribution is 0.183. The van der Waals surface area contributed by atoms with Gasteiger partial charge in [-0.1, -0.05) is 42.1 Å². The van der Waals surface area contributed by atoms with E-state index in [9.17, 15) is 9.47 Å². The Labute approximate surface area is 170 Å². The monoisotopic (exact) mass is 410 g/mol. The van der Waals surface area contributed by atoms with Gasteiger partial charge in [-0.15, -0.1) is 0 Å². The summed E-state index contributed by atoms with van der Waals surface area (Å²) in [5.74, 6) is 0.471. The molecule has 0 saturated carbocycles. The van der Waals surface area contributed by atoms with Gasteiger partial charge in [0.25, 0.3) is 0 Å². The van der Waals surface area contributed by atoms with Crippen molar-refractivity contribution in [1.29, 1.82) is 5.26 Å². The molecular formula is C20H18N4O2S2. The molecule has 0 N–H and O–H groups in total. The molecule has 0 spiro atoms. The number of nitriles is 1. The van der Waals surface area contributed by atoms with Crippen LogP contribution in [0.2, 0.25) is 0 Å². The third kappa shape index (κ3) is 4.62. The second kappa shape index (κ2) is 9.55. The van der Waals surface area contributed by atoms with Gasteiger partial charge in [0, 0.05) is 30.6 Å². The predicted molar refractivity (Wildman–Crippen MR) is 111 cm³/mol. The first-order valence-corrected chi connectivity index (χ1v) is 10.8. The summed E-state index contributed by atoms with van der Waals surface area (Å²) < 4.78 is 17.4. The van der Waals surface area contributed by atoms with Crippen LogP contribution in [0.25, 0.3) is 22.6 Å². The maximum Gasteiger partial charge on any atom is 0.162 e. The minimum absolute atomic E-state index is 0.265. The number of nitrogens with zero attached hydrogens (tertiary/aromatic N) is 4. The van der Waals surface area contributed by atoms with Crippen molar-refractivity contribution in [2.75, 3.05) is 12.2 Å². The fourth-order valence-corrected chi connectivity index (χ4v) is 4.72. The number of benzene rings is 1. The van der Waals surface area contributed by atoms with Crippen LogP contribution in [0.1, 0.15) is 12.5 Å². The summed E-state index contributed by atoms with van der Waals surface area (Å²) in [4.78, 5) is 13.3. The average molecular weight is 411 g/mol. The van der Waals surface area contributed by atoms with E-state index in [1.165, 1.54) is 18.9 Å². The molecule has 2 unspecified atom stereocenters. The van der Waals surface area contributed by atoms with Crippen LogP contribution in [-0.4, -0.2) is 36.8 Å². The molecule has 3 aromatic rings. The molecule has 0 fully saturated rings. The van der Waals surface area contributed by atoms with Crippen molar-refractivity contribution in [2.24, 2.45) is 0 Å². The summed E-state index contributed by atoms with van der Waals surface area (Å²) in [5.41, 5.74) is 2.08. The number of methoxy groups -OCH3 is 1. The number of thioether (sulfide) groups is 1. The van der Waals surface area contributed by atoms with E-state index >= 15 is 0 Å². The van der Waals surface area contributed by atoms with Crippen molar-refractivity contribution < 1.29 is 8.95 Å². The normalized spacial score (nSPS) is 12.9. The van der Waals surface area contributed by atoms with Crippen LogP contribution in [0.15, 0.2) is 59.9 Å². The molecule has 2 aromatic heterocycles. The lowest BCUT2D eigenvalue weighted by atomic mass is 10.1. The van der Waals surface area contributed by atoms with Crippen molar-refractivity contribution >= 4 is 22.6 Å². The molecule has 142 valence electrons. The Morgan fingerprint density at radius 2 is 1.93 bits per heavy atom. The predicted octanol–water partition coefficient (Wildman–Crippen LogP) is 3.87. The largest absolute Gasteiger partial charge is 0.368 e. The number of rotatable bonds is 7. The Balaban J connectivity index is 2.09. The first-order chi connectivity index (χ1) is 13.6. The molecule has 0 aliphatic rings. The van der Waals surface area contributed by atoms with Crippen LogP contribution in [0, 0.1) is 11.3 Å². The fourth-order valence-electron chi connectivity index (χ4n) is 2.39. The summed E-state index contributed by atoms with van der Waals surface area (Å²) in [6.07, 6.45) is 3.35. The first-order valence-electron chi connectivity index (χ1n) is 8.44. The molecule has 1 aromatic carbocycles. The lowest BCUT2D eigenvalue weighted by Gasteiger charge is -2.12. The molecule has 0 saturated heterocycles. The molecule has 2 heterocycles. The minimum Gasteiger partial charge on any atom is -0.368 e. The second-order valence-corrected chi connectivity index (χ2v) is 8.79. The summed E-state index contributed by atoms with van der Waals surface area (Å²) in [6.45, 7) is 1.75. The molecule has 6 nitrogen and oxygen atoms in total. The first kappa shape index (κ1) is 20.1. The summed E-state index contributed by atoms with van der Waals surface area (Å²) in [7, 11) is 0.301. The van der Waals surface area contributed by atoms with Crippen molar-refractivity contribution in [2.45, 2.75) is 17.4 Å². The maximum absolute atomic E-state index is 12.3. The highest BCUT2D eigenvalue weighted by Crippen LogP contribution is 2.31. The van der Waals surface area contributed by atoms with E-state index in [1.54, 1.807) is 25.4 Å². The van der Waals surface area contributed by atoms with Gasteiger partial charge in [0.1, 0.15) is 22.1 Å². The molecule has 8 heteroatoms. The molecule has 0 radical (unpaired) electrons. The number of hydrogen-bond donors (Lipinski definition) is 0. The zero-order valence-electron chi connectivity index (χ0n) is 15.4. The molecule has 0 aliphatic heterocycles. The van der Waals surface area contributed by atoms with E-state index in [0.717, 1.165) is 11.1 Å². The van der Waals surface area contributed by atoms with Gasteiger partial charge in [-0.05, 0) is 19.1 Å². The molecule has 28 heavy (non-hydrogen) atoms. The van der Waals surface area contributed by atoms with Crippen molar-refractivity contribution in [3.63, 3.8) is 0 Å². The van der Waals surface area contributed by atoms with Gasteiger partial charge in [-0.3, -0.25) is 9.19 Å². The summed E-state index contributed by atoms with van der Waals surface area (Å²) in [5, 5.41) is 10.5. The third-order valence-electron chi connectivity index (χ3n) is 3.97. The van der Waals surface area contributed by atoms with Gasteiger partial charge in [0.05, 0.1) is 21.6 Å². The van der Waals surface area contributed by atoms with Gasteiger partial charge in [0.15, 0.2) is 5.82 Å². The van der Waals surface area contributed by atoms with E-state index in [4.69, 9.17) is 4.74 Å². The number of ether oxygens (including phenoxy) is 1. The zero-order valence-corrected chi connectivity index (χ0v) is 17.0. The van der Waals surface area contributed by atoms with Crippen LogP contribution in [0.4, 0.5) is 0 Å². The van der Waals surface area contributed by atoms with Gasteiger partial charge in [-0.25, -0.2) is 9.97 Å². The fraction of sp³-hybridized carbons (Fsp3) is 0.200. The van der Waals surface area contributed by atoms with Crippen LogP contribution in [0.3, 0.4) is 0 Å². The van der Waals surface area contributed by atoms with Gasteiger partial charge in [0.2, 0.25) is 0 Å². The Hall–Kier alpha value is -2.60. The van der Waals surface area contributed by atoms with Gasteiger partial charge >= 0.3 is 0 Å². The van der Waals surface area contributed by atoms with Crippen LogP contribution in [0.5, 0.6) is 0 Å². The van der Waals surface area contributed by atoms with Gasteiger partial charge < -0.3 is 4.74 Å². The lowest BCUT2D eigenvalue weighted by Crippen LogP contribution is -2.14. The quantitative estimate of drug-likeness (QED) is 0.431. The Morgan fingerprint density at radius 3 is 2.57 bits per heavy atom. The van der Waals surface area contributed by atoms with Gasteiger partial charge in [-0.2, -0.15) is 5.26 Å². The van der Waals surface area contributed by atoms with Crippen molar-refractivity contribution in [1.82, 2.24) is 15.0 Å². The molecule has 0 amide bonds. The SMILES string of the molecule is COC(C)S(=O)CSc1nc(-c2cccnc2)nc(-c2ccccc2)c1C#N. The Morgan fingerprint density at radius 1 is 1.18 bits per heavy atom. The maximum atomic E-state index is 12.3. The van der Waals surface area contributed by atoms with E-state index in [2.05, 4.69) is 21.0 Å². The van der Waals surface area contributed by atoms with Crippen LogP contribution >= 0.6 is 11.8 Å². The second-order valence-electron chi connectivity index (χ2n) is 5.74. The average Bonchev–Trinajstić information content (AvgIpc) is 2.77. The third-order valence-corrected chi connectivity index (χ3v) is 6.87. The standard InChI is InChI=1S/C20H18N4O2S2/c1-14(26-2)28(25)13-27-20-17(11-21)18(15-7-4-3-5-8-15)23-19(24-20)16-9-6-10-22-12-16/h3-10,12,14H,13H2,1-2H3. The molecule has 3 rings (SSSR count). The number of pyridine rings is 1. The molecular weight excluding hydrogens is 392 g/mol. The van der Waals surface area contributed by atoms with Crippen LogP contribution < -0.4 is 0 Å². The van der Waals surface area contributed by atoms with E-state index < -0.39 is 16.2 Å². The molecule has 0 bridgehead atoms. The van der Waals surface area contributed by atoms with E-state index in [0.29, 0.717) is 22.1 Å². The number of aromatic nitrogens is 3. The topological polar surface area (TPSA) is 88.8 Å². The molecule has 2 atom stereocenters. The highest BCUT2D eigenvalue weighted by molar-refractivity contribution is 8.10. The van der Waals surface area contributed by atoms with E-state index in [-0.39, 0.29) is 5.08 Å². The Bertz CT molecular complexity index is 1010. The highest BCUT2D eigenvalue weighted by Gasteiger charge is 2.19. The number of hydrogen-bond acceptors (Lipinski definition) is 7. The van der Waals surface area contributed by atoms with Crippen molar-refractivity contribution in [3.8, 4) is 28.7 Å². The summed E-state index contributed by atoms with van der Waals surface area (Å²) >= 11 is 1.27. The minimum atomic E-state index is -1.22. The highest BCUT2D eigenvalue weighted by atomic mass is 32.2. The zero-order chi connectivity index (χ0) is 19.9. The van der Waals surface area contributed by atoms with Crippen LogP contribution in [-0.2, 0) is 15.5 Å². The van der Waals surface area contributed by atoms with E-state index in [1.807, 2.05) is 36.4 Å². The summed E-state index contributed by atoms with van der Waals surface area (Å²) in [6, 6.07) is 15.4.